The van der Waals surface area contributed by atoms with Crippen molar-refractivity contribution in [2.75, 3.05) is 36.5 Å². The van der Waals surface area contributed by atoms with Gasteiger partial charge in [-0.1, -0.05) is 12.1 Å². The Hall–Kier alpha value is -2.86. The van der Waals surface area contributed by atoms with Gasteiger partial charge >= 0.3 is 0 Å². The molecule has 2 aromatic rings. The molecule has 1 N–H and O–H groups in total. The highest BCUT2D eigenvalue weighted by molar-refractivity contribution is 6.08. The van der Waals surface area contributed by atoms with Crippen molar-refractivity contribution in [1.82, 2.24) is 0 Å². The summed E-state index contributed by atoms with van der Waals surface area (Å²) < 4.78 is 11.3. The second kappa shape index (κ2) is 7.28. The van der Waals surface area contributed by atoms with E-state index < -0.39 is 5.60 Å². The Morgan fingerprint density at radius 3 is 2.64 bits per heavy atom. The summed E-state index contributed by atoms with van der Waals surface area (Å²) in [5, 5.41) is 2.99. The molecule has 28 heavy (non-hydrogen) atoms. The maximum Gasteiger partial charge on any atom is 0.255 e. The fraction of sp³-hybridized carbons (Fsp3) is 0.364. The summed E-state index contributed by atoms with van der Waals surface area (Å²) in [7, 11) is 0. The molecule has 6 nitrogen and oxygen atoms in total. The summed E-state index contributed by atoms with van der Waals surface area (Å²) in [6.07, 6.45) is 0.297. The number of Topliss-reactive ketones (excluding diaryl/α,β-unsaturated/α-hetero) is 1. The maximum atomic E-state index is 12.9. The van der Waals surface area contributed by atoms with E-state index in [1.54, 1.807) is 18.2 Å². The van der Waals surface area contributed by atoms with Crippen molar-refractivity contribution in [2.45, 2.75) is 25.9 Å². The first-order valence-electron chi connectivity index (χ1n) is 9.52. The molecule has 2 aliphatic heterocycles. The highest BCUT2D eigenvalue weighted by Crippen LogP contribution is 2.34. The molecule has 0 bridgehead atoms. The minimum absolute atomic E-state index is 0.00498. The maximum absolute atomic E-state index is 12.9. The van der Waals surface area contributed by atoms with Crippen molar-refractivity contribution in [2.24, 2.45) is 0 Å². The monoisotopic (exact) mass is 380 g/mol. The highest BCUT2D eigenvalue weighted by atomic mass is 16.5. The Morgan fingerprint density at radius 2 is 1.86 bits per heavy atom. The average Bonchev–Trinajstić information content (AvgIpc) is 2.68. The van der Waals surface area contributed by atoms with Crippen LogP contribution in [0.2, 0.25) is 0 Å². The van der Waals surface area contributed by atoms with Gasteiger partial charge in [0.15, 0.2) is 5.78 Å². The number of fused-ring (bicyclic) bond motifs is 1. The number of hydrogen-bond acceptors (Lipinski definition) is 5. The number of ketones is 1. The van der Waals surface area contributed by atoms with E-state index in [0.717, 1.165) is 24.5 Å². The van der Waals surface area contributed by atoms with Crippen LogP contribution in [0.1, 0.15) is 41.0 Å². The van der Waals surface area contributed by atoms with Gasteiger partial charge in [-0.15, -0.1) is 0 Å². The molecule has 6 heteroatoms. The zero-order valence-corrected chi connectivity index (χ0v) is 16.2. The lowest BCUT2D eigenvalue weighted by molar-refractivity contribution is 0.0620. The topological polar surface area (TPSA) is 67.9 Å². The van der Waals surface area contributed by atoms with Crippen LogP contribution in [0, 0.1) is 0 Å². The van der Waals surface area contributed by atoms with E-state index in [1.165, 1.54) is 0 Å². The first-order valence-corrected chi connectivity index (χ1v) is 9.52. The van der Waals surface area contributed by atoms with Gasteiger partial charge in [-0.05, 0) is 44.2 Å². The minimum atomic E-state index is -0.523. The molecule has 0 saturated carbocycles. The lowest BCUT2D eigenvalue weighted by Gasteiger charge is -2.31. The fourth-order valence-electron chi connectivity index (χ4n) is 3.65. The molecular weight excluding hydrogens is 356 g/mol. The standard InChI is InChI=1S/C22H24N2O4/c1-22(2)14-19(25)16-13-15(7-8-20(16)28-22)21(26)23-17-5-3-4-6-18(17)24-9-11-27-12-10-24/h3-8,13H,9-12,14H2,1-2H3,(H,23,26). The molecule has 146 valence electrons. The number of benzene rings is 2. The van der Waals surface area contributed by atoms with Gasteiger partial charge in [0, 0.05) is 18.7 Å². The van der Waals surface area contributed by atoms with Gasteiger partial charge in [0.1, 0.15) is 11.4 Å². The van der Waals surface area contributed by atoms with Crippen molar-refractivity contribution in [1.29, 1.82) is 0 Å². The van der Waals surface area contributed by atoms with Crippen molar-refractivity contribution in [3.8, 4) is 5.75 Å². The smallest absolute Gasteiger partial charge is 0.255 e. The van der Waals surface area contributed by atoms with Gasteiger partial charge in [0.05, 0.1) is 36.6 Å². The number of hydrogen-bond donors (Lipinski definition) is 1. The molecule has 0 aromatic heterocycles. The van der Waals surface area contributed by atoms with Crippen molar-refractivity contribution in [3.63, 3.8) is 0 Å². The van der Waals surface area contributed by atoms with E-state index in [4.69, 9.17) is 9.47 Å². The number of anilines is 2. The normalized spacial score (nSPS) is 18.2. The van der Waals surface area contributed by atoms with E-state index in [0.29, 0.717) is 36.5 Å². The van der Waals surface area contributed by atoms with Gasteiger partial charge in [-0.25, -0.2) is 0 Å². The number of para-hydroxylation sites is 2. The van der Waals surface area contributed by atoms with E-state index in [9.17, 15) is 9.59 Å². The van der Waals surface area contributed by atoms with Gasteiger partial charge in [-0.2, -0.15) is 0 Å². The first kappa shape index (κ1) is 18.5. The van der Waals surface area contributed by atoms with Gasteiger partial charge in [0.25, 0.3) is 5.91 Å². The van der Waals surface area contributed by atoms with E-state index in [-0.39, 0.29) is 11.7 Å². The Bertz CT molecular complexity index is 917. The summed E-state index contributed by atoms with van der Waals surface area (Å²) in [5.41, 5.74) is 2.10. The van der Waals surface area contributed by atoms with Crippen LogP contribution in [0.3, 0.4) is 0 Å². The molecule has 4 rings (SSSR count). The number of carbonyl (C=O) groups is 2. The summed E-state index contributed by atoms with van der Waals surface area (Å²) in [6, 6.07) is 12.8. The largest absolute Gasteiger partial charge is 0.487 e. The molecule has 0 unspecified atom stereocenters. The van der Waals surface area contributed by atoms with E-state index in [2.05, 4.69) is 10.2 Å². The third-order valence-corrected chi connectivity index (χ3v) is 5.02. The van der Waals surface area contributed by atoms with Crippen LogP contribution in [0.5, 0.6) is 5.75 Å². The summed E-state index contributed by atoms with van der Waals surface area (Å²) in [6.45, 7) is 6.69. The molecule has 0 spiro atoms. The minimum Gasteiger partial charge on any atom is -0.487 e. The predicted octanol–water partition coefficient (Wildman–Crippen LogP) is 3.52. The Morgan fingerprint density at radius 1 is 1.11 bits per heavy atom. The molecule has 1 saturated heterocycles. The van der Waals surface area contributed by atoms with Crippen LogP contribution in [0.25, 0.3) is 0 Å². The second-order valence-electron chi connectivity index (χ2n) is 7.74. The zero-order valence-electron chi connectivity index (χ0n) is 16.2. The number of nitrogens with zero attached hydrogens (tertiary/aromatic N) is 1. The van der Waals surface area contributed by atoms with Crippen molar-refractivity contribution < 1.29 is 19.1 Å². The molecule has 0 aliphatic carbocycles. The zero-order chi connectivity index (χ0) is 19.7. The van der Waals surface area contributed by atoms with Crippen LogP contribution in [-0.4, -0.2) is 43.6 Å². The SMILES string of the molecule is CC1(C)CC(=O)c2cc(C(=O)Nc3ccccc3N3CCOCC3)ccc2O1. The summed E-state index contributed by atoms with van der Waals surface area (Å²) >= 11 is 0. The van der Waals surface area contributed by atoms with E-state index in [1.807, 2.05) is 38.1 Å². The van der Waals surface area contributed by atoms with Crippen LogP contribution >= 0.6 is 0 Å². The Labute approximate surface area is 164 Å². The lowest BCUT2D eigenvalue weighted by Crippen LogP contribution is -2.36. The number of carbonyl (C=O) groups excluding carboxylic acids is 2. The number of morpholine rings is 1. The summed E-state index contributed by atoms with van der Waals surface area (Å²) in [4.78, 5) is 27.5. The Kier molecular flexibility index (Phi) is 4.81. The number of amides is 1. The molecule has 1 amide bonds. The lowest BCUT2D eigenvalue weighted by atomic mass is 9.92. The van der Waals surface area contributed by atoms with Crippen LogP contribution in [0.15, 0.2) is 42.5 Å². The third-order valence-electron chi connectivity index (χ3n) is 5.02. The van der Waals surface area contributed by atoms with Gasteiger partial charge < -0.3 is 19.7 Å². The third kappa shape index (κ3) is 3.73. The molecule has 1 fully saturated rings. The van der Waals surface area contributed by atoms with Crippen LogP contribution < -0.4 is 15.0 Å². The quantitative estimate of drug-likeness (QED) is 0.882. The molecule has 2 heterocycles. The molecular formula is C22H24N2O4. The van der Waals surface area contributed by atoms with Crippen molar-refractivity contribution in [3.05, 3.63) is 53.6 Å². The van der Waals surface area contributed by atoms with Gasteiger partial charge in [0.2, 0.25) is 0 Å². The van der Waals surface area contributed by atoms with Crippen LogP contribution in [0.4, 0.5) is 11.4 Å². The molecule has 0 radical (unpaired) electrons. The Balaban J connectivity index is 1.57. The second-order valence-corrected chi connectivity index (χ2v) is 7.74. The molecule has 2 aliphatic rings. The van der Waals surface area contributed by atoms with E-state index >= 15 is 0 Å². The highest BCUT2D eigenvalue weighted by Gasteiger charge is 2.32. The number of rotatable bonds is 3. The number of ether oxygens (including phenoxy) is 2. The number of nitrogens with one attached hydrogen (secondary N) is 1. The predicted molar refractivity (Wildman–Crippen MR) is 108 cm³/mol. The van der Waals surface area contributed by atoms with Crippen molar-refractivity contribution >= 4 is 23.1 Å². The molecule has 0 atom stereocenters. The average molecular weight is 380 g/mol. The van der Waals surface area contributed by atoms with Crippen LogP contribution in [-0.2, 0) is 4.74 Å². The van der Waals surface area contributed by atoms with Gasteiger partial charge in [-0.3, -0.25) is 9.59 Å². The summed E-state index contributed by atoms with van der Waals surface area (Å²) in [5.74, 6) is 0.280. The molecule has 2 aromatic carbocycles. The fourth-order valence-corrected chi connectivity index (χ4v) is 3.65. The first-order chi connectivity index (χ1) is 13.4.